The van der Waals surface area contributed by atoms with E-state index in [0.717, 1.165) is 5.56 Å². The third kappa shape index (κ3) is 3.07. The minimum Gasteiger partial charge on any atom is -0.477 e. The van der Waals surface area contributed by atoms with E-state index < -0.39 is 5.97 Å². The van der Waals surface area contributed by atoms with Gasteiger partial charge in [-0.3, -0.25) is 0 Å². The summed E-state index contributed by atoms with van der Waals surface area (Å²) >= 11 is 0. The van der Waals surface area contributed by atoms with E-state index in [1.807, 2.05) is 31.2 Å². The maximum atomic E-state index is 10.8. The van der Waals surface area contributed by atoms with Gasteiger partial charge in [0.1, 0.15) is 5.82 Å². The van der Waals surface area contributed by atoms with Crippen LogP contribution in [0.5, 0.6) is 0 Å². The van der Waals surface area contributed by atoms with Gasteiger partial charge in [0, 0.05) is 6.54 Å². The number of nitrogens with zero attached hydrogens (tertiary/aromatic N) is 1. The van der Waals surface area contributed by atoms with Crippen molar-refractivity contribution in [2.45, 2.75) is 13.5 Å². The predicted molar refractivity (Wildman–Crippen MR) is 69.7 cm³/mol. The summed E-state index contributed by atoms with van der Waals surface area (Å²) in [6.45, 7) is 2.66. The average Bonchev–Trinajstić information content (AvgIpc) is 2.38. The first kappa shape index (κ1) is 12.1. The van der Waals surface area contributed by atoms with Crippen molar-refractivity contribution in [3.05, 3.63) is 59.3 Å². The topological polar surface area (TPSA) is 62.2 Å². The number of hydrogen-bond donors (Lipinski definition) is 2. The molecule has 0 aliphatic heterocycles. The van der Waals surface area contributed by atoms with E-state index in [-0.39, 0.29) is 5.69 Å². The van der Waals surface area contributed by atoms with Gasteiger partial charge in [-0.15, -0.1) is 0 Å². The smallest absolute Gasteiger partial charge is 0.354 e. The summed E-state index contributed by atoms with van der Waals surface area (Å²) in [5.41, 5.74) is 2.39. The molecule has 2 N–H and O–H groups in total. The van der Waals surface area contributed by atoms with Crippen LogP contribution in [0.25, 0.3) is 0 Å². The Labute approximate surface area is 105 Å². The van der Waals surface area contributed by atoms with Crippen molar-refractivity contribution >= 4 is 11.8 Å². The Morgan fingerprint density at radius 2 is 1.94 bits per heavy atom. The lowest BCUT2D eigenvalue weighted by molar-refractivity contribution is 0.0690. The normalized spacial score (nSPS) is 10.1. The number of hydrogen-bond acceptors (Lipinski definition) is 3. The van der Waals surface area contributed by atoms with Crippen LogP contribution in [-0.4, -0.2) is 16.1 Å². The molecule has 0 saturated heterocycles. The van der Waals surface area contributed by atoms with Gasteiger partial charge in [-0.1, -0.05) is 35.9 Å². The predicted octanol–water partition coefficient (Wildman–Crippen LogP) is 2.70. The van der Waals surface area contributed by atoms with Gasteiger partial charge >= 0.3 is 5.97 Å². The Bertz CT molecular complexity index is 550. The molecule has 92 valence electrons. The van der Waals surface area contributed by atoms with E-state index in [9.17, 15) is 4.79 Å². The zero-order chi connectivity index (χ0) is 13.0. The SMILES string of the molecule is Cc1ccc(CNc2cccc(C(=O)O)n2)cc1. The van der Waals surface area contributed by atoms with Crippen LogP contribution in [0.2, 0.25) is 0 Å². The maximum absolute atomic E-state index is 10.8. The van der Waals surface area contributed by atoms with E-state index in [4.69, 9.17) is 5.11 Å². The average molecular weight is 242 g/mol. The van der Waals surface area contributed by atoms with Crippen LogP contribution in [0.15, 0.2) is 42.5 Å². The highest BCUT2D eigenvalue weighted by molar-refractivity contribution is 5.85. The lowest BCUT2D eigenvalue weighted by atomic mass is 10.1. The molecule has 2 rings (SSSR count). The van der Waals surface area contributed by atoms with Gasteiger partial charge in [0.05, 0.1) is 0 Å². The largest absolute Gasteiger partial charge is 0.477 e. The van der Waals surface area contributed by atoms with Crippen LogP contribution in [0.4, 0.5) is 5.82 Å². The van der Waals surface area contributed by atoms with Crippen molar-refractivity contribution in [1.29, 1.82) is 0 Å². The van der Waals surface area contributed by atoms with Crippen molar-refractivity contribution in [2.75, 3.05) is 5.32 Å². The van der Waals surface area contributed by atoms with E-state index in [2.05, 4.69) is 10.3 Å². The third-order valence-corrected chi connectivity index (χ3v) is 2.56. The maximum Gasteiger partial charge on any atom is 0.354 e. The zero-order valence-corrected chi connectivity index (χ0v) is 10.1. The molecule has 0 radical (unpaired) electrons. The molecule has 0 bridgehead atoms. The number of nitrogens with one attached hydrogen (secondary N) is 1. The number of carboxylic acid groups (broad SMARTS) is 1. The third-order valence-electron chi connectivity index (χ3n) is 2.56. The number of carboxylic acids is 1. The highest BCUT2D eigenvalue weighted by atomic mass is 16.4. The fraction of sp³-hybridized carbons (Fsp3) is 0.143. The molecule has 18 heavy (non-hydrogen) atoms. The summed E-state index contributed by atoms with van der Waals surface area (Å²) in [5, 5.41) is 11.9. The highest BCUT2D eigenvalue weighted by Crippen LogP contribution is 2.08. The molecule has 1 aromatic carbocycles. The van der Waals surface area contributed by atoms with Gasteiger partial charge in [0.2, 0.25) is 0 Å². The van der Waals surface area contributed by atoms with E-state index in [0.29, 0.717) is 12.4 Å². The molecule has 0 fully saturated rings. The molecule has 0 amide bonds. The van der Waals surface area contributed by atoms with Gasteiger partial charge in [-0.25, -0.2) is 9.78 Å². The number of aromatic nitrogens is 1. The van der Waals surface area contributed by atoms with Crippen LogP contribution in [0.3, 0.4) is 0 Å². The van der Waals surface area contributed by atoms with Gasteiger partial charge in [-0.2, -0.15) is 0 Å². The first-order chi connectivity index (χ1) is 8.65. The number of aromatic carboxylic acids is 1. The molecule has 4 nitrogen and oxygen atoms in total. The van der Waals surface area contributed by atoms with Gasteiger partial charge < -0.3 is 10.4 Å². The molecular weight excluding hydrogens is 228 g/mol. The Kier molecular flexibility index (Phi) is 3.57. The second-order valence-corrected chi connectivity index (χ2v) is 4.05. The van der Waals surface area contributed by atoms with E-state index in [1.165, 1.54) is 11.6 Å². The second kappa shape index (κ2) is 5.31. The lowest BCUT2D eigenvalue weighted by Gasteiger charge is -2.06. The number of benzene rings is 1. The van der Waals surface area contributed by atoms with Gasteiger partial charge in [0.15, 0.2) is 5.69 Å². The number of anilines is 1. The number of rotatable bonds is 4. The zero-order valence-electron chi connectivity index (χ0n) is 10.1. The highest BCUT2D eigenvalue weighted by Gasteiger charge is 2.04. The van der Waals surface area contributed by atoms with Crippen LogP contribution in [-0.2, 0) is 6.54 Å². The molecule has 0 spiro atoms. The molecule has 0 atom stereocenters. The second-order valence-electron chi connectivity index (χ2n) is 4.05. The Morgan fingerprint density at radius 3 is 2.61 bits per heavy atom. The molecule has 1 heterocycles. The Balaban J connectivity index is 2.04. The van der Waals surface area contributed by atoms with Crippen molar-refractivity contribution < 1.29 is 9.90 Å². The Morgan fingerprint density at radius 1 is 1.22 bits per heavy atom. The first-order valence-corrected chi connectivity index (χ1v) is 5.65. The van der Waals surface area contributed by atoms with E-state index >= 15 is 0 Å². The van der Waals surface area contributed by atoms with Gasteiger partial charge in [0.25, 0.3) is 0 Å². The van der Waals surface area contributed by atoms with Gasteiger partial charge in [-0.05, 0) is 24.6 Å². The summed E-state index contributed by atoms with van der Waals surface area (Å²) in [6, 6.07) is 13.0. The minimum atomic E-state index is -1.02. The standard InChI is InChI=1S/C14H14N2O2/c1-10-5-7-11(8-6-10)9-15-13-4-2-3-12(16-13)14(17)18/h2-8H,9H2,1H3,(H,15,16)(H,17,18). The minimum absolute atomic E-state index is 0.0453. The van der Waals surface area contributed by atoms with E-state index in [1.54, 1.807) is 12.1 Å². The molecule has 0 saturated carbocycles. The fourth-order valence-electron chi connectivity index (χ4n) is 1.55. The van der Waals surface area contributed by atoms with Crippen molar-refractivity contribution in [3.63, 3.8) is 0 Å². The number of aryl methyl sites for hydroxylation is 1. The molecule has 2 aromatic rings. The van der Waals surface area contributed by atoms with Crippen molar-refractivity contribution in [3.8, 4) is 0 Å². The molecular formula is C14H14N2O2. The summed E-state index contributed by atoms with van der Waals surface area (Å²) in [4.78, 5) is 14.8. The van der Waals surface area contributed by atoms with Crippen LogP contribution >= 0.6 is 0 Å². The monoisotopic (exact) mass is 242 g/mol. The fourth-order valence-corrected chi connectivity index (χ4v) is 1.55. The lowest BCUT2D eigenvalue weighted by Crippen LogP contribution is -2.05. The molecule has 0 unspecified atom stereocenters. The summed E-state index contributed by atoms with van der Waals surface area (Å²) in [6.07, 6.45) is 0. The summed E-state index contributed by atoms with van der Waals surface area (Å²) in [5.74, 6) is -0.454. The molecule has 0 aliphatic carbocycles. The quantitative estimate of drug-likeness (QED) is 0.865. The van der Waals surface area contributed by atoms with Crippen LogP contribution < -0.4 is 5.32 Å². The van der Waals surface area contributed by atoms with Crippen LogP contribution in [0.1, 0.15) is 21.6 Å². The van der Waals surface area contributed by atoms with Crippen molar-refractivity contribution in [1.82, 2.24) is 4.98 Å². The Hall–Kier alpha value is -2.36. The van der Waals surface area contributed by atoms with Crippen LogP contribution in [0, 0.1) is 6.92 Å². The first-order valence-electron chi connectivity index (χ1n) is 5.65. The van der Waals surface area contributed by atoms with Crippen molar-refractivity contribution in [2.24, 2.45) is 0 Å². The number of carbonyl (C=O) groups is 1. The number of pyridine rings is 1. The summed E-state index contributed by atoms with van der Waals surface area (Å²) in [7, 11) is 0. The summed E-state index contributed by atoms with van der Waals surface area (Å²) < 4.78 is 0. The molecule has 1 aromatic heterocycles. The molecule has 4 heteroatoms. The molecule has 0 aliphatic rings.